The van der Waals surface area contributed by atoms with Crippen molar-refractivity contribution >= 4 is 22.4 Å². The molecule has 0 unspecified atom stereocenters. The van der Waals surface area contributed by atoms with E-state index in [2.05, 4.69) is 53.3 Å². The van der Waals surface area contributed by atoms with Crippen molar-refractivity contribution in [2.75, 3.05) is 5.32 Å². The van der Waals surface area contributed by atoms with Gasteiger partial charge in [-0.1, -0.05) is 42.3 Å². The Balaban J connectivity index is 1.80. The highest BCUT2D eigenvalue weighted by atomic mass is 32.1. The van der Waals surface area contributed by atoms with Gasteiger partial charge >= 0.3 is 0 Å². The molecule has 1 heterocycles. The maximum Gasteiger partial charge on any atom is 0.233 e. The molecule has 1 aliphatic rings. The number of benzene rings is 2. The van der Waals surface area contributed by atoms with E-state index >= 15 is 0 Å². The first kappa shape index (κ1) is 17.5. The Hall–Kier alpha value is -2.90. The first-order chi connectivity index (χ1) is 13.1. The van der Waals surface area contributed by atoms with Gasteiger partial charge in [0.05, 0.1) is 5.41 Å². The number of carbonyl (C=O) groups is 1. The maximum absolute atomic E-state index is 13.3. The van der Waals surface area contributed by atoms with Crippen molar-refractivity contribution in [1.82, 2.24) is 4.98 Å². The Kier molecular flexibility index (Phi) is 4.55. The molecule has 0 radical (unpaired) electrons. The standard InChI is InChI=1S/C23H20N2OS/c1-3-7-16-10-11-18-15-23(2,21(26)25-22-24-12-13-27-22)20(19(18)14-16)17-8-5-4-6-9-17/h4-6,8-14,20H,15H2,1-2H3,(H,24,25,26)/t20-,23+/m0/s1. The monoisotopic (exact) mass is 372 g/mol. The van der Waals surface area contributed by atoms with Crippen LogP contribution in [-0.2, 0) is 11.2 Å². The number of carbonyl (C=O) groups excluding carboxylic acids is 1. The maximum atomic E-state index is 13.3. The number of fused-ring (bicyclic) bond motifs is 1. The second-order valence-corrected chi connectivity index (χ2v) is 7.91. The van der Waals surface area contributed by atoms with E-state index in [1.807, 2.05) is 36.6 Å². The van der Waals surface area contributed by atoms with E-state index in [1.165, 1.54) is 22.5 Å². The van der Waals surface area contributed by atoms with Gasteiger partial charge < -0.3 is 5.32 Å². The molecule has 2 aromatic carbocycles. The van der Waals surface area contributed by atoms with Crippen LogP contribution < -0.4 is 5.32 Å². The zero-order chi connectivity index (χ0) is 18.9. The Morgan fingerprint density at radius 3 is 2.78 bits per heavy atom. The predicted molar refractivity (Wildman–Crippen MR) is 110 cm³/mol. The van der Waals surface area contributed by atoms with Crippen LogP contribution in [0.2, 0.25) is 0 Å². The molecule has 0 fully saturated rings. The Labute approximate surface area is 163 Å². The zero-order valence-corrected chi connectivity index (χ0v) is 16.1. The van der Waals surface area contributed by atoms with Crippen molar-refractivity contribution < 1.29 is 4.79 Å². The molecule has 0 aliphatic heterocycles. The van der Waals surface area contributed by atoms with Crippen LogP contribution in [0.5, 0.6) is 0 Å². The quantitative estimate of drug-likeness (QED) is 0.668. The summed E-state index contributed by atoms with van der Waals surface area (Å²) < 4.78 is 0. The third-order valence-corrected chi connectivity index (χ3v) is 5.91. The number of hydrogen-bond donors (Lipinski definition) is 1. The van der Waals surface area contributed by atoms with Gasteiger partial charge in [0.15, 0.2) is 5.13 Å². The molecule has 0 saturated heterocycles. The highest BCUT2D eigenvalue weighted by Gasteiger charge is 2.48. The largest absolute Gasteiger partial charge is 0.301 e. The van der Waals surface area contributed by atoms with Crippen molar-refractivity contribution in [3.05, 3.63) is 82.4 Å². The third-order valence-electron chi connectivity index (χ3n) is 5.23. The molecule has 3 aromatic rings. The Morgan fingerprint density at radius 1 is 1.26 bits per heavy atom. The van der Waals surface area contributed by atoms with Crippen LogP contribution in [-0.4, -0.2) is 10.9 Å². The van der Waals surface area contributed by atoms with Crippen LogP contribution in [0.1, 0.15) is 42.0 Å². The van der Waals surface area contributed by atoms with Crippen molar-refractivity contribution in [2.45, 2.75) is 26.2 Å². The number of rotatable bonds is 3. The molecule has 0 saturated carbocycles. The van der Waals surface area contributed by atoms with Crippen LogP contribution in [0.25, 0.3) is 0 Å². The van der Waals surface area contributed by atoms with Gasteiger partial charge in [-0.3, -0.25) is 4.79 Å². The minimum atomic E-state index is -0.590. The number of nitrogens with one attached hydrogen (secondary N) is 1. The van der Waals surface area contributed by atoms with Gasteiger partial charge in [0.25, 0.3) is 0 Å². The van der Waals surface area contributed by atoms with Crippen molar-refractivity contribution in [1.29, 1.82) is 0 Å². The summed E-state index contributed by atoms with van der Waals surface area (Å²) in [5.74, 6) is 6.09. The smallest absolute Gasteiger partial charge is 0.233 e. The lowest BCUT2D eigenvalue weighted by atomic mass is 9.73. The fourth-order valence-electron chi connectivity index (χ4n) is 4.02. The van der Waals surface area contributed by atoms with Gasteiger partial charge in [-0.25, -0.2) is 4.98 Å². The van der Waals surface area contributed by atoms with Gasteiger partial charge in [-0.05, 0) is 49.1 Å². The minimum Gasteiger partial charge on any atom is -0.301 e. The average Bonchev–Trinajstić information content (AvgIpc) is 3.28. The van der Waals surface area contributed by atoms with E-state index in [0.29, 0.717) is 11.6 Å². The normalized spacial score (nSPS) is 20.4. The molecule has 0 spiro atoms. The second kappa shape index (κ2) is 7.02. The van der Waals surface area contributed by atoms with Crippen molar-refractivity contribution in [2.24, 2.45) is 5.41 Å². The fourth-order valence-corrected chi connectivity index (χ4v) is 4.54. The molecular formula is C23H20N2OS. The average molecular weight is 372 g/mol. The SMILES string of the molecule is CC#Cc1ccc2c(c1)[C@H](c1ccccc1)[C@](C)(C(=O)Nc1nccs1)C2. The molecule has 4 heteroatoms. The van der Waals surface area contributed by atoms with Gasteiger partial charge in [-0.2, -0.15) is 0 Å². The van der Waals surface area contributed by atoms with E-state index in [0.717, 1.165) is 11.1 Å². The summed E-state index contributed by atoms with van der Waals surface area (Å²) in [4.78, 5) is 17.5. The number of aromatic nitrogens is 1. The zero-order valence-electron chi connectivity index (χ0n) is 15.3. The first-order valence-electron chi connectivity index (χ1n) is 8.93. The summed E-state index contributed by atoms with van der Waals surface area (Å²) in [5, 5.41) is 5.53. The lowest BCUT2D eigenvalue weighted by Gasteiger charge is -2.31. The molecule has 134 valence electrons. The summed E-state index contributed by atoms with van der Waals surface area (Å²) in [6, 6.07) is 16.6. The highest BCUT2D eigenvalue weighted by molar-refractivity contribution is 7.13. The van der Waals surface area contributed by atoms with Crippen LogP contribution >= 0.6 is 11.3 Å². The molecule has 0 bridgehead atoms. The van der Waals surface area contributed by atoms with E-state index in [1.54, 1.807) is 6.20 Å². The minimum absolute atomic E-state index is 0.00521. The summed E-state index contributed by atoms with van der Waals surface area (Å²) in [7, 11) is 0. The fraction of sp³-hybridized carbons (Fsp3) is 0.217. The molecular weight excluding hydrogens is 352 g/mol. The van der Waals surface area contributed by atoms with Gasteiger partial charge in [0.2, 0.25) is 5.91 Å². The molecule has 1 N–H and O–H groups in total. The van der Waals surface area contributed by atoms with E-state index in [-0.39, 0.29) is 11.8 Å². The van der Waals surface area contributed by atoms with Gasteiger partial charge in [0.1, 0.15) is 0 Å². The summed E-state index contributed by atoms with van der Waals surface area (Å²) in [5.41, 5.74) is 3.95. The number of nitrogens with zero attached hydrogens (tertiary/aromatic N) is 1. The molecule has 4 rings (SSSR count). The van der Waals surface area contributed by atoms with Crippen molar-refractivity contribution in [3.8, 4) is 11.8 Å². The lowest BCUT2D eigenvalue weighted by molar-refractivity contribution is -0.125. The summed E-state index contributed by atoms with van der Waals surface area (Å²) in [6.45, 7) is 3.90. The lowest BCUT2D eigenvalue weighted by Crippen LogP contribution is -2.37. The second-order valence-electron chi connectivity index (χ2n) is 7.02. The van der Waals surface area contributed by atoms with Crippen LogP contribution in [0.15, 0.2) is 60.1 Å². The van der Waals surface area contributed by atoms with Gasteiger partial charge in [-0.15, -0.1) is 17.3 Å². The highest BCUT2D eigenvalue weighted by Crippen LogP contribution is 2.51. The molecule has 2 atom stereocenters. The predicted octanol–water partition coefficient (Wildman–Crippen LogP) is 4.85. The molecule has 1 aliphatic carbocycles. The van der Waals surface area contributed by atoms with E-state index in [4.69, 9.17) is 0 Å². The Morgan fingerprint density at radius 2 is 2.07 bits per heavy atom. The summed E-state index contributed by atoms with van der Waals surface area (Å²) in [6.07, 6.45) is 2.40. The van der Waals surface area contributed by atoms with Crippen LogP contribution in [0.3, 0.4) is 0 Å². The summed E-state index contributed by atoms with van der Waals surface area (Å²) >= 11 is 1.44. The van der Waals surface area contributed by atoms with Crippen LogP contribution in [0.4, 0.5) is 5.13 Å². The molecule has 27 heavy (non-hydrogen) atoms. The molecule has 1 amide bonds. The molecule has 3 nitrogen and oxygen atoms in total. The molecule has 1 aromatic heterocycles. The number of thiazole rings is 1. The Bertz CT molecular complexity index is 1030. The number of anilines is 1. The van der Waals surface area contributed by atoms with Gasteiger partial charge in [0, 0.05) is 23.1 Å². The van der Waals surface area contributed by atoms with Crippen LogP contribution in [0, 0.1) is 17.3 Å². The van der Waals surface area contributed by atoms with E-state index in [9.17, 15) is 4.79 Å². The number of amides is 1. The number of hydrogen-bond acceptors (Lipinski definition) is 3. The first-order valence-corrected chi connectivity index (χ1v) is 9.81. The topological polar surface area (TPSA) is 42.0 Å². The van der Waals surface area contributed by atoms with E-state index < -0.39 is 5.41 Å². The van der Waals surface area contributed by atoms with Crippen molar-refractivity contribution in [3.63, 3.8) is 0 Å². The third kappa shape index (κ3) is 3.15.